The van der Waals surface area contributed by atoms with Crippen LogP contribution in [0, 0.1) is 19.3 Å². The standard InChI is InChI=1S/C21H30N4O4/c1-15-11-16(2)25(20(28)22-15)14-18(26)24-9-5-21(6-10-24)12-17(29-19(21)27)13-23-7-3-4-8-23/h11,17H,3-10,12-14H2,1-2H3. The highest BCUT2D eigenvalue weighted by Crippen LogP contribution is 2.43. The molecule has 158 valence electrons. The molecule has 0 bridgehead atoms. The molecule has 3 aliphatic rings. The first-order valence-electron chi connectivity index (χ1n) is 10.6. The first kappa shape index (κ1) is 20.1. The fraction of sp³-hybridized carbons (Fsp3) is 0.714. The van der Waals surface area contributed by atoms with E-state index >= 15 is 0 Å². The maximum Gasteiger partial charge on any atom is 0.348 e. The van der Waals surface area contributed by atoms with Crippen LogP contribution in [0.2, 0.25) is 0 Å². The molecule has 3 aliphatic heterocycles. The van der Waals surface area contributed by atoms with Crippen LogP contribution in [0.5, 0.6) is 0 Å². The Morgan fingerprint density at radius 1 is 1.17 bits per heavy atom. The highest BCUT2D eigenvalue weighted by Gasteiger charge is 2.51. The van der Waals surface area contributed by atoms with Crippen LogP contribution in [0.25, 0.3) is 0 Å². The van der Waals surface area contributed by atoms with Gasteiger partial charge < -0.3 is 9.64 Å². The molecule has 8 heteroatoms. The van der Waals surface area contributed by atoms with Crippen molar-refractivity contribution in [3.05, 3.63) is 27.9 Å². The number of rotatable bonds is 4. The van der Waals surface area contributed by atoms with Crippen LogP contribution in [0.4, 0.5) is 0 Å². The van der Waals surface area contributed by atoms with Crippen molar-refractivity contribution >= 4 is 11.9 Å². The summed E-state index contributed by atoms with van der Waals surface area (Å²) in [6.45, 7) is 7.64. The minimum Gasteiger partial charge on any atom is -0.461 e. The van der Waals surface area contributed by atoms with Gasteiger partial charge in [-0.3, -0.25) is 19.1 Å². The largest absolute Gasteiger partial charge is 0.461 e. The Morgan fingerprint density at radius 3 is 2.52 bits per heavy atom. The van der Waals surface area contributed by atoms with Crippen LogP contribution in [0.1, 0.15) is 43.5 Å². The number of cyclic esters (lactones) is 1. The molecule has 4 heterocycles. The van der Waals surface area contributed by atoms with Gasteiger partial charge >= 0.3 is 11.7 Å². The van der Waals surface area contributed by atoms with Gasteiger partial charge in [-0.2, -0.15) is 4.98 Å². The van der Waals surface area contributed by atoms with Gasteiger partial charge in [0, 0.05) is 37.4 Å². The van der Waals surface area contributed by atoms with E-state index in [0.717, 1.165) is 31.7 Å². The van der Waals surface area contributed by atoms with E-state index in [1.165, 1.54) is 17.4 Å². The molecule has 1 amide bonds. The Balaban J connectivity index is 1.35. The Morgan fingerprint density at radius 2 is 1.86 bits per heavy atom. The SMILES string of the molecule is Cc1cc(C)n(CC(=O)N2CCC3(CC2)CC(CN2CCCC2)OC3=O)c(=O)n1. The number of hydrogen-bond acceptors (Lipinski definition) is 6. The summed E-state index contributed by atoms with van der Waals surface area (Å²) in [6, 6.07) is 1.80. The zero-order valence-corrected chi connectivity index (χ0v) is 17.4. The highest BCUT2D eigenvalue weighted by atomic mass is 16.6. The summed E-state index contributed by atoms with van der Waals surface area (Å²) in [6.07, 6.45) is 4.44. The first-order valence-corrected chi connectivity index (χ1v) is 10.6. The van der Waals surface area contributed by atoms with Gasteiger partial charge in [-0.15, -0.1) is 0 Å². The zero-order chi connectivity index (χ0) is 20.6. The van der Waals surface area contributed by atoms with Gasteiger partial charge in [0.25, 0.3) is 0 Å². The van der Waals surface area contributed by atoms with E-state index in [-0.39, 0.29) is 24.5 Å². The topological polar surface area (TPSA) is 84.7 Å². The fourth-order valence-electron chi connectivity index (χ4n) is 4.99. The van der Waals surface area contributed by atoms with Crippen molar-refractivity contribution in [1.82, 2.24) is 19.4 Å². The number of aromatic nitrogens is 2. The molecule has 1 spiro atoms. The van der Waals surface area contributed by atoms with Crippen molar-refractivity contribution in [3.63, 3.8) is 0 Å². The normalized spacial score (nSPS) is 24.3. The van der Waals surface area contributed by atoms with Crippen molar-refractivity contribution in [2.45, 2.75) is 58.6 Å². The van der Waals surface area contributed by atoms with E-state index in [0.29, 0.717) is 31.6 Å². The highest BCUT2D eigenvalue weighted by molar-refractivity contribution is 5.80. The van der Waals surface area contributed by atoms with E-state index < -0.39 is 11.1 Å². The molecule has 8 nitrogen and oxygen atoms in total. The molecule has 0 radical (unpaired) electrons. The molecule has 1 unspecified atom stereocenters. The first-order chi connectivity index (χ1) is 13.9. The minimum atomic E-state index is -0.445. The second-order valence-corrected chi connectivity index (χ2v) is 8.81. The second-order valence-electron chi connectivity index (χ2n) is 8.81. The Bertz CT molecular complexity index is 851. The lowest BCUT2D eigenvalue weighted by atomic mass is 9.76. The molecule has 4 rings (SSSR count). The summed E-state index contributed by atoms with van der Waals surface area (Å²) in [5, 5.41) is 0. The smallest absolute Gasteiger partial charge is 0.348 e. The van der Waals surface area contributed by atoms with Gasteiger partial charge in [0.2, 0.25) is 5.91 Å². The van der Waals surface area contributed by atoms with Crippen molar-refractivity contribution in [1.29, 1.82) is 0 Å². The summed E-state index contributed by atoms with van der Waals surface area (Å²) in [5.74, 6) is -0.195. The monoisotopic (exact) mass is 402 g/mol. The van der Waals surface area contributed by atoms with Crippen LogP contribution in [0.3, 0.4) is 0 Å². The van der Waals surface area contributed by atoms with Crippen LogP contribution < -0.4 is 5.69 Å². The average molecular weight is 402 g/mol. The molecule has 1 aromatic rings. The summed E-state index contributed by atoms with van der Waals surface area (Å²) in [7, 11) is 0. The van der Waals surface area contributed by atoms with E-state index in [4.69, 9.17) is 4.74 Å². The molecule has 0 aliphatic carbocycles. The predicted molar refractivity (Wildman–Crippen MR) is 106 cm³/mol. The Labute approximate surface area is 170 Å². The lowest BCUT2D eigenvalue weighted by Gasteiger charge is -2.36. The van der Waals surface area contributed by atoms with E-state index in [1.54, 1.807) is 17.9 Å². The molecule has 3 saturated heterocycles. The summed E-state index contributed by atoms with van der Waals surface area (Å²) < 4.78 is 7.13. The molecule has 0 aromatic carbocycles. The minimum absolute atomic E-state index is 0.00697. The van der Waals surface area contributed by atoms with Crippen molar-refractivity contribution < 1.29 is 14.3 Å². The number of piperidine rings is 1. The lowest BCUT2D eigenvalue weighted by molar-refractivity contribution is -0.153. The van der Waals surface area contributed by atoms with Gasteiger partial charge in [-0.05, 0) is 58.7 Å². The number of likely N-dealkylation sites (tertiary alicyclic amines) is 2. The van der Waals surface area contributed by atoms with E-state index in [9.17, 15) is 14.4 Å². The molecule has 0 saturated carbocycles. The molecule has 1 aromatic heterocycles. The van der Waals surface area contributed by atoms with Gasteiger partial charge in [0.1, 0.15) is 12.6 Å². The lowest BCUT2D eigenvalue weighted by Crippen LogP contribution is -2.47. The number of carbonyl (C=O) groups is 2. The quantitative estimate of drug-likeness (QED) is 0.695. The number of aryl methyl sites for hydroxylation is 2. The Hall–Kier alpha value is -2.22. The molecule has 3 fully saturated rings. The number of ether oxygens (including phenoxy) is 1. The predicted octanol–water partition coefficient (Wildman–Crippen LogP) is 0.880. The van der Waals surface area contributed by atoms with Crippen molar-refractivity contribution in [2.24, 2.45) is 5.41 Å². The van der Waals surface area contributed by atoms with Crippen molar-refractivity contribution in [3.8, 4) is 0 Å². The van der Waals surface area contributed by atoms with Gasteiger partial charge in [-0.25, -0.2) is 4.79 Å². The third kappa shape index (κ3) is 4.08. The molecule has 29 heavy (non-hydrogen) atoms. The van der Waals surface area contributed by atoms with Crippen LogP contribution >= 0.6 is 0 Å². The molecule has 0 N–H and O–H groups in total. The van der Waals surface area contributed by atoms with Gasteiger partial charge in [-0.1, -0.05) is 0 Å². The van der Waals surface area contributed by atoms with Gasteiger partial charge in [0.05, 0.1) is 5.41 Å². The number of nitrogens with zero attached hydrogens (tertiary/aromatic N) is 4. The molecular weight excluding hydrogens is 372 g/mol. The third-order valence-electron chi connectivity index (χ3n) is 6.70. The summed E-state index contributed by atoms with van der Waals surface area (Å²) >= 11 is 0. The summed E-state index contributed by atoms with van der Waals surface area (Å²) in [5.41, 5.74) is 0.542. The maximum atomic E-state index is 12.8. The number of hydrogen-bond donors (Lipinski definition) is 0. The fourth-order valence-corrected chi connectivity index (χ4v) is 4.99. The summed E-state index contributed by atoms with van der Waals surface area (Å²) in [4.78, 5) is 45.6. The van der Waals surface area contributed by atoms with Crippen LogP contribution in [-0.2, 0) is 20.9 Å². The van der Waals surface area contributed by atoms with Crippen LogP contribution in [-0.4, -0.2) is 70.1 Å². The maximum absolute atomic E-state index is 12.8. The van der Waals surface area contributed by atoms with E-state index in [1.807, 2.05) is 6.92 Å². The molecule has 1 atom stereocenters. The van der Waals surface area contributed by atoms with Crippen LogP contribution in [0.15, 0.2) is 10.9 Å². The number of carbonyl (C=O) groups excluding carboxylic acids is 2. The Kier molecular flexibility index (Phi) is 5.46. The number of esters is 1. The number of amides is 1. The third-order valence-corrected chi connectivity index (χ3v) is 6.70. The van der Waals surface area contributed by atoms with E-state index in [2.05, 4.69) is 9.88 Å². The molecular formula is C21H30N4O4. The average Bonchev–Trinajstić information content (AvgIpc) is 3.27. The zero-order valence-electron chi connectivity index (χ0n) is 17.4. The van der Waals surface area contributed by atoms with Gasteiger partial charge in [0.15, 0.2) is 0 Å². The second kappa shape index (κ2) is 7.89. The van der Waals surface area contributed by atoms with Crippen molar-refractivity contribution in [2.75, 3.05) is 32.7 Å².